The number of aromatic nitrogens is 2. The molecule has 1 aliphatic carbocycles. The summed E-state index contributed by atoms with van der Waals surface area (Å²) in [6, 6.07) is 3.97. The largest absolute Gasteiger partial charge is 0.463 e. The van der Waals surface area contributed by atoms with Crippen LogP contribution in [0.25, 0.3) is 11.1 Å². The number of pyridine rings is 1. The third-order valence-corrected chi connectivity index (χ3v) is 7.34. The Bertz CT molecular complexity index is 1140. The van der Waals surface area contributed by atoms with Crippen LogP contribution in [-0.2, 0) is 19.3 Å². The van der Waals surface area contributed by atoms with Crippen LogP contribution >= 0.6 is 11.6 Å². The van der Waals surface area contributed by atoms with Crippen molar-refractivity contribution in [2.75, 3.05) is 0 Å². The Morgan fingerprint density at radius 3 is 2.80 bits per heavy atom. The van der Waals surface area contributed by atoms with E-state index in [9.17, 15) is 0 Å². The molecular weight excluding hydrogens is 394 g/mol. The number of rotatable bonds is 4. The Hall–Kier alpha value is -2.33. The normalized spacial score (nSPS) is 23.9. The van der Waals surface area contributed by atoms with Gasteiger partial charge in [-0.3, -0.25) is 9.98 Å². The number of nitrogens with one attached hydrogen (secondary N) is 1. The minimum Gasteiger partial charge on any atom is -0.463 e. The average molecular weight is 422 g/mol. The summed E-state index contributed by atoms with van der Waals surface area (Å²) >= 11 is 6.86. The molecule has 3 aromatic rings. The van der Waals surface area contributed by atoms with E-state index < -0.39 is 0 Å². The summed E-state index contributed by atoms with van der Waals surface area (Å²) in [4.78, 5) is 13.4. The van der Waals surface area contributed by atoms with Gasteiger partial charge < -0.3 is 9.40 Å². The van der Waals surface area contributed by atoms with Crippen molar-refractivity contribution in [3.05, 3.63) is 63.9 Å². The second-order valence-corrected chi connectivity index (χ2v) is 9.35. The summed E-state index contributed by atoms with van der Waals surface area (Å²) in [7, 11) is 0. The van der Waals surface area contributed by atoms with E-state index in [0.717, 1.165) is 57.9 Å². The Morgan fingerprint density at radius 2 is 2.03 bits per heavy atom. The number of furan rings is 1. The molecule has 3 aromatic heterocycles. The number of H-pyrrole nitrogens is 1. The molecule has 1 N–H and O–H groups in total. The first-order valence-electron chi connectivity index (χ1n) is 11.0. The maximum absolute atomic E-state index is 6.86. The fourth-order valence-electron chi connectivity index (χ4n) is 5.00. The zero-order valence-corrected chi connectivity index (χ0v) is 18.6. The fourth-order valence-corrected chi connectivity index (χ4v) is 5.40. The van der Waals surface area contributed by atoms with Crippen molar-refractivity contribution in [1.29, 1.82) is 0 Å². The van der Waals surface area contributed by atoms with E-state index in [1.807, 2.05) is 12.3 Å². The molecule has 5 heteroatoms. The molecule has 0 saturated heterocycles. The number of fused-ring (bicyclic) bond motifs is 2. The topological polar surface area (TPSA) is 54.2 Å². The van der Waals surface area contributed by atoms with Crippen LogP contribution in [0.15, 0.2) is 45.8 Å². The third-order valence-electron chi connectivity index (χ3n) is 6.92. The van der Waals surface area contributed by atoms with Crippen molar-refractivity contribution in [1.82, 2.24) is 9.97 Å². The van der Waals surface area contributed by atoms with Gasteiger partial charge in [-0.1, -0.05) is 38.4 Å². The van der Waals surface area contributed by atoms with Crippen LogP contribution < -0.4 is 0 Å². The van der Waals surface area contributed by atoms with Gasteiger partial charge in [-0.25, -0.2) is 0 Å². The monoisotopic (exact) mass is 421 g/mol. The van der Waals surface area contributed by atoms with Crippen LogP contribution in [-0.4, -0.2) is 15.7 Å². The van der Waals surface area contributed by atoms with Crippen LogP contribution in [0.2, 0.25) is 5.02 Å². The number of aromatic amines is 1. The highest BCUT2D eigenvalue weighted by Gasteiger charge is 2.35. The van der Waals surface area contributed by atoms with Crippen molar-refractivity contribution in [3.8, 4) is 0 Å². The lowest BCUT2D eigenvalue weighted by Crippen LogP contribution is -2.15. The summed E-state index contributed by atoms with van der Waals surface area (Å²) in [6.45, 7) is 6.87. The van der Waals surface area contributed by atoms with Gasteiger partial charge in [0.2, 0.25) is 0 Å². The number of hydrogen-bond donors (Lipinski definition) is 1. The lowest BCUT2D eigenvalue weighted by Gasteiger charge is -2.15. The summed E-state index contributed by atoms with van der Waals surface area (Å²) in [6.07, 6.45) is 10.7. The maximum atomic E-state index is 6.86. The number of allylic oxidation sites excluding steroid dienone is 2. The number of aryl methyl sites for hydroxylation is 1. The molecule has 30 heavy (non-hydrogen) atoms. The Kier molecular flexibility index (Phi) is 5.06. The number of aliphatic imine (C=N–C) groups is 1. The van der Waals surface area contributed by atoms with Crippen LogP contribution in [0, 0.1) is 17.8 Å². The molecule has 0 spiro atoms. The van der Waals surface area contributed by atoms with Crippen LogP contribution in [0.4, 0.5) is 0 Å². The molecule has 5 rings (SSSR count). The Balaban J connectivity index is 1.53. The minimum atomic E-state index is 0.457. The van der Waals surface area contributed by atoms with E-state index in [0.29, 0.717) is 17.8 Å². The van der Waals surface area contributed by atoms with Gasteiger partial charge in [0, 0.05) is 53.7 Å². The second kappa shape index (κ2) is 7.73. The predicted molar refractivity (Wildman–Crippen MR) is 122 cm³/mol. The van der Waals surface area contributed by atoms with Crippen LogP contribution in [0.1, 0.15) is 56.1 Å². The van der Waals surface area contributed by atoms with Gasteiger partial charge >= 0.3 is 0 Å². The third kappa shape index (κ3) is 3.41. The van der Waals surface area contributed by atoms with Crippen LogP contribution in [0.5, 0.6) is 0 Å². The average Bonchev–Trinajstić information content (AvgIpc) is 3.38. The Morgan fingerprint density at radius 1 is 1.23 bits per heavy atom. The first kappa shape index (κ1) is 19.6. The highest BCUT2D eigenvalue weighted by Crippen LogP contribution is 2.41. The minimum absolute atomic E-state index is 0.457. The van der Waals surface area contributed by atoms with Gasteiger partial charge in [-0.05, 0) is 42.7 Å². The lowest BCUT2D eigenvalue weighted by molar-refractivity contribution is 0.457. The van der Waals surface area contributed by atoms with E-state index in [-0.39, 0.29) is 0 Å². The zero-order valence-electron chi connectivity index (χ0n) is 17.8. The summed E-state index contributed by atoms with van der Waals surface area (Å²) in [5.41, 5.74) is 8.58. The summed E-state index contributed by atoms with van der Waals surface area (Å²) in [5.74, 6) is 1.88. The number of hydrogen-bond acceptors (Lipinski definition) is 3. The van der Waals surface area contributed by atoms with E-state index in [1.165, 1.54) is 24.2 Å². The number of nitrogens with zero attached hydrogens (tertiary/aromatic N) is 2. The molecule has 2 unspecified atom stereocenters. The van der Waals surface area contributed by atoms with Gasteiger partial charge in [-0.15, -0.1) is 0 Å². The number of halogens is 1. The van der Waals surface area contributed by atoms with Crippen molar-refractivity contribution in [3.63, 3.8) is 0 Å². The lowest BCUT2D eigenvalue weighted by atomic mass is 9.93. The van der Waals surface area contributed by atoms with Gasteiger partial charge in [0.05, 0.1) is 17.0 Å². The molecule has 0 radical (unpaired) electrons. The maximum Gasteiger partial charge on any atom is 0.152 e. The summed E-state index contributed by atoms with van der Waals surface area (Å²) < 4.78 is 5.54. The van der Waals surface area contributed by atoms with E-state index in [1.54, 1.807) is 6.26 Å². The molecule has 0 amide bonds. The molecule has 1 fully saturated rings. The molecule has 0 bridgehead atoms. The molecule has 2 aliphatic rings. The summed E-state index contributed by atoms with van der Waals surface area (Å²) in [5, 5.41) is 0.867. The highest BCUT2D eigenvalue weighted by molar-refractivity contribution is 6.35. The highest BCUT2D eigenvalue weighted by atomic mass is 35.5. The predicted octanol–water partition coefficient (Wildman–Crippen LogP) is 6.53. The molecule has 1 aliphatic heterocycles. The molecule has 1 saturated carbocycles. The van der Waals surface area contributed by atoms with Gasteiger partial charge in [0.15, 0.2) is 5.58 Å². The van der Waals surface area contributed by atoms with E-state index >= 15 is 0 Å². The quantitative estimate of drug-likeness (QED) is 0.520. The SMILES string of the molecule is CCc1[nH]c2c(c1Cl)C(C1CC(C)C(C)C1)=NC(Cc1cnc3ccoc3c1)=CC2. The molecular formula is C25H28ClN3O. The van der Waals surface area contributed by atoms with Crippen molar-refractivity contribution >= 4 is 28.4 Å². The van der Waals surface area contributed by atoms with Crippen molar-refractivity contribution in [2.24, 2.45) is 22.7 Å². The smallest absolute Gasteiger partial charge is 0.152 e. The van der Waals surface area contributed by atoms with Crippen LogP contribution in [0.3, 0.4) is 0 Å². The van der Waals surface area contributed by atoms with Crippen molar-refractivity contribution < 1.29 is 4.42 Å². The first-order chi connectivity index (χ1) is 14.5. The first-order valence-corrected chi connectivity index (χ1v) is 11.4. The molecule has 2 atom stereocenters. The standard InChI is InChI=1S/C25H28ClN3O/c1-4-19-24(26)23-21(29-19)6-5-18(28-25(23)17-9-14(2)15(3)10-17)11-16-12-22-20(27-13-16)7-8-30-22/h5,7-8,12-15,17,29H,4,6,9-11H2,1-3H3. The van der Waals surface area contributed by atoms with Gasteiger partial charge in [0.25, 0.3) is 0 Å². The second-order valence-electron chi connectivity index (χ2n) is 8.97. The Labute approximate surface area is 182 Å². The van der Waals surface area contributed by atoms with E-state index in [4.69, 9.17) is 21.0 Å². The zero-order chi connectivity index (χ0) is 20.8. The van der Waals surface area contributed by atoms with Gasteiger partial charge in [0.1, 0.15) is 5.52 Å². The van der Waals surface area contributed by atoms with Gasteiger partial charge in [-0.2, -0.15) is 0 Å². The molecule has 4 nitrogen and oxygen atoms in total. The van der Waals surface area contributed by atoms with E-state index in [2.05, 4.69) is 42.9 Å². The molecule has 156 valence electrons. The molecule has 4 heterocycles. The molecule has 0 aromatic carbocycles. The fraction of sp³-hybridized carbons (Fsp3) is 0.440. The van der Waals surface area contributed by atoms with Crippen molar-refractivity contribution in [2.45, 2.75) is 52.9 Å².